The highest BCUT2D eigenvalue weighted by molar-refractivity contribution is 5.73. The number of aliphatic hydroxyl groups is 4. The van der Waals surface area contributed by atoms with E-state index in [1.165, 1.54) is 14.0 Å². The number of aliphatic hydroxyl groups excluding tert-OH is 3. The number of fused-ring (bicyclic) bond motifs is 2. The number of methoxy groups -OCH3 is 1. The maximum Gasteiger partial charge on any atom is 0.311 e. The third-order valence-corrected chi connectivity index (χ3v) is 11.4. The number of ether oxygens (including phenoxy) is 7. The van der Waals surface area contributed by atoms with Crippen LogP contribution >= 0.6 is 0 Å². The first-order valence-corrected chi connectivity index (χ1v) is 17.5. The van der Waals surface area contributed by atoms with Gasteiger partial charge in [0.2, 0.25) is 0 Å². The molecule has 13 nitrogen and oxygen atoms in total. The van der Waals surface area contributed by atoms with Crippen molar-refractivity contribution in [1.29, 1.82) is 0 Å². The lowest BCUT2D eigenvalue weighted by molar-refractivity contribution is -0.314. The lowest BCUT2D eigenvalue weighted by Gasteiger charge is -2.48. The third kappa shape index (κ3) is 7.46. The van der Waals surface area contributed by atoms with Crippen molar-refractivity contribution >= 4 is 5.97 Å². The fourth-order valence-electron chi connectivity index (χ4n) is 8.28. The molecule has 3 saturated heterocycles. The van der Waals surface area contributed by atoms with Crippen LogP contribution in [0.1, 0.15) is 94.9 Å². The number of carbonyl (C=O) groups excluding carboxylic acids is 1. The first kappa shape index (κ1) is 39.4. The number of hydrogen-bond acceptors (Lipinski definition) is 13. The normalized spacial score (nSPS) is 51.0. The van der Waals surface area contributed by atoms with Crippen molar-refractivity contribution in [2.24, 2.45) is 23.5 Å². The topological polar surface area (TPSA) is 189 Å². The Balaban J connectivity index is 1.83. The van der Waals surface area contributed by atoms with Crippen molar-refractivity contribution < 1.29 is 58.4 Å². The zero-order chi connectivity index (χ0) is 36.1. The minimum absolute atomic E-state index is 0.164. The summed E-state index contributed by atoms with van der Waals surface area (Å²) in [5.74, 6) is -2.39. The summed E-state index contributed by atoms with van der Waals surface area (Å²) in [6.45, 7) is 17.7. The number of esters is 1. The molecule has 4 heterocycles. The van der Waals surface area contributed by atoms with Gasteiger partial charge >= 0.3 is 5.97 Å². The smallest absolute Gasteiger partial charge is 0.311 e. The molecule has 4 rings (SSSR count). The van der Waals surface area contributed by atoms with Crippen LogP contribution in [0, 0.1) is 17.8 Å². The Bertz CT molecular complexity index is 1170. The molecule has 0 saturated carbocycles. The number of carbonyl (C=O) groups is 1. The molecule has 48 heavy (non-hydrogen) atoms. The number of nitrogens with two attached hydrogens (primary N) is 1. The van der Waals surface area contributed by atoms with Gasteiger partial charge in [-0.25, -0.2) is 0 Å². The zero-order valence-electron chi connectivity index (χ0n) is 30.5. The molecule has 13 heteroatoms. The second-order valence-electron chi connectivity index (χ2n) is 15.5. The summed E-state index contributed by atoms with van der Waals surface area (Å²) >= 11 is 0. The van der Waals surface area contributed by atoms with Gasteiger partial charge in [-0.1, -0.05) is 20.8 Å². The fraction of sp³-hybridized carbons (Fsp3) is 0.914. The molecule has 6 N–H and O–H groups in total. The number of hydrogen-bond donors (Lipinski definition) is 5. The zero-order valence-corrected chi connectivity index (χ0v) is 30.5. The molecule has 0 amide bonds. The monoisotopic (exact) mass is 687 g/mol. The van der Waals surface area contributed by atoms with E-state index in [2.05, 4.69) is 0 Å². The van der Waals surface area contributed by atoms with Crippen molar-refractivity contribution in [1.82, 2.24) is 0 Å². The number of rotatable bonds is 6. The molecule has 4 aliphatic heterocycles. The molecule has 278 valence electrons. The Morgan fingerprint density at radius 2 is 1.62 bits per heavy atom. The summed E-state index contributed by atoms with van der Waals surface area (Å²) in [4.78, 5) is 14.0. The van der Waals surface area contributed by atoms with Crippen LogP contribution in [0.4, 0.5) is 0 Å². The van der Waals surface area contributed by atoms with Gasteiger partial charge in [0.15, 0.2) is 12.6 Å². The second-order valence-corrected chi connectivity index (χ2v) is 15.5. The van der Waals surface area contributed by atoms with E-state index < -0.39 is 102 Å². The van der Waals surface area contributed by atoms with Gasteiger partial charge in [0.1, 0.15) is 41.4 Å². The Morgan fingerprint density at radius 1 is 0.979 bits per heavy atom. The lowest BCUT2D eigenvalue weighted by Crippen LogP contribution is -2.60. The average Bonchev–Trinajstić information content (AvgIpc) is 3.34. The van der Waals surface area contributed by atoms with E-state index in [0.29, 0.717) is 18.6 Å². The molecule has 4 aliphatic rings. The van der Waals surface area contributed by atoms with Gasteiger partial charge in [0.25, 0.3) is 0 Å². The molecule has 0 aromatic carbocycles. The molecule has 0 aromatic rings. The van der Waals surface area contributed by atoms with Gasteiger partial charge in [0.05, 0.1) is 35.9 Å². The van der Waals surface area contributed by atoms with Gasteiger partial charge in [-0.05, 0) is 66.9 Å². The minimum Gasteiger partial charge on any atom is -0.489 e. The molecule has 0 aliphatic carbocycles. The molecular weight excluding hydrogens is 626 g/mol. The third-order valence-electron chi connectivity index (χ3n) is 11.4. The fourth-order valence-corrected chi connectivity index (χ4v) is 8.28. The van der Waals surface area contributed by atoms with Crippen molar-refractivity contribution in [2.45, 2.75) is 179 Å². The maximum absolute atomic E-state index is 14.0. The van der Waals surface area contributed by atoms with Crippen LogP contribution in [0.15, 0.2) is 11.3 Å². The average molecular weight is 688 g/mol. The van der Waals surface area contributed by atoms with E-state index in [0.717, 1.165) is 5.57 Å². The van der Waals surface area contributed by atoms with Crippen LogP contribution in [0.2, 0.25) is 0 Å². The van der Waals surface area contributed by atoms with Gasteiger partial charge < -0.3 is 59.3 Å². The molecule has 0 spiro atoms. The van der Waals surface area contributed by atoms with Crippen molar-refractivity contribution in [3.63, 3.8) is 0 Å². The van der Waals surface area contributed by atoms with Gasteiger partial charge in [0, 0.05) is 37.8 Å². The highest BCUT2D eigenvalue weighted by atomic mass is 16.7. The molecule has 0 unspecified atom stereocenters. The second kappa shape index (κ2) is 14.7. The van der Waals surface area contributed by atoms with E-state index in [4.69, 9.17) is 38.9 Å². The van der Waals surface area contributed by atoms with E-state index in [-0.39, 0.29) is 18.9 Å². The molecule has 0 aromatic heterocycles. The summed E-state index contributed by atoms with van der Waals surface area (Å²) in [5, 5.41) is 45.2. The summed E-state index contributed by atoms with van der Waals surface area (Å²) < 4.78 is 44.1. The highest BCUT2D eigenvalue weighted by Crippen LogP contribution is 2.47. The SMILES string of the molecule is CC[C@H]1OC(=O)[C@H](C)[C@@H](O[C@H]2C[C@@](C)(OC)[C@@H](O)[C@H](C)O2)[C@H](C)[C@@H](O[C@@H]2O[C@H](C)C[C@H](N)[C@H]2O)[C@@]2(C)CC(C)=C(O2)[C@H](C)[C@@H](O)[C@]1(C)O. The van der Waals surface area contributed by atoms with Gasteiger partial charge in [-0.15, -0.1) is 0 Å². The molecule has 2 bridgehead atoms. The first-order valence-electron chi connectivity index (χ1n) is 17.5. The maximum atomic E-state index is 14.0. The van der Waals surface area contributed by atoms with Gasteiger partial charge in [-0.3, -0.25) is 4.79 Å². The van der Waals surface area contributed by atoms with Crippen LogP contribution in [0.3, 0.4) is 0 Å². The molecule has 0 radical (unpaired) electrons. The lowest BCUT2D eigenvalue weighted by atomic mass is 9.78. The predicted octanol–water partition coefficient (Wildman–Crippen LogP) is 2.29. The Kier molecular flexibility index (Phi) is 12.1. The van der Waals surface area contributed by atoms with E-state index in [1.54, 1.807) is 34.6 Å². The summed E-state index contributed by atoms with van der Waals surface area (Å²) in [6, 6.07) is -0.587. The standard InChI is InChI=1S/C35H61NO12/c1-12-23-35(10,41)28(38)18(4)26-16(2)14-34(9,48-26)30(47-32-25(37)22(36)13-17(3)43-32)19(5)27(20(6)31(40)45-23)46-24-15-33(8,42-11)29(39)21(7)44-24/h17-25,27-30,32,37-39,41H,12-15,36H2,1-11H3/t17-,18+,19+,20-,21+,22+,23-,24+,25-,27+,28-,29+,30-,32+,33-,34-,35-/m1/s1. The Morgan fingerprint density at radius 3 is 2.23 bits per heavy atom. The van der Waals surface area contributed by atoms with Crippen LogP contribution < -0.4 is 5.73 Å². The van der Waals surface area contributed by atoms with Crippen molar-refractivity contribution in [3.8, 4) is 0 Å². The van der Waals surface area contributed by atoms with Gasteiger partial charge in [-0.2, -0.15) is 0 Å². The highest BCUT2D eigenvalue weighted by Gasteiger charge is 2.56. The van der Waals surface area contributed by atoms with E-state index >= 15 is 0 Å². The summed E-state index contributed by atoms with van der Waals surface area (Å²) in [7, 11) is 1.52. The van der Waals surface area contributed by atoms with Crippen LogP contribution in [-0.4, -0.2) is 118 Å². The quantitative estimate of drug-likeness (QED) is 0.256. The van der Waals surface area contributed by atoms with E-state index in [1.807, 2.05) is 27.7 Å². The van der Waals surface area contributed by atoms with Crippen LogP contribution in [0.25, 0.3) is 0 Å². The molecular formula is C35H61NO12. The van der Waals surface area contributed by atoms with Crippen molar-refractivity contribution in [2.75, 3.05) is 7.11 Å². The largest absolute Gasteiger partial charge is 0.489 e. The predicted molar refractivity (Wildman–Crippen MR) is 174 cm³/mol. The molecule has 17 atom stereocenters. The van der Waals surface area contributed by atoms with Crippen LogP contribution in [0.5, 0.6) is 0 Å². The number of cyclic esters (lactones) is 1. The Labute approximate surface area is 285 Å². The Hall–Kier alpha value is -1.39. The molecule has 3 fully saturated rings. The minimum atomic E-state index is -1.82. The van der Waals surface area contributed by atoms with E-state index in [9.17, 15) is 25.2 Å². The summed E-state index contributed by atoms with van der Waals surface area (Å²) in [5.41, 5.74) is 3.25. The first-order chi connectivity index (χ1) is 22.2. The van der Waals surface area contributed by atoms with Crippen LogP contribution in [-0.2, 0) is 38.0 Å². The van der Waals surface area contributed by atoms with Crippen molar-refractivity contribution in [3.05, 3.63) is 11.3 Å². The summed E-state index contributed by atoms with van der Waals surface area (Å²) in [6.07, 6.45) is -7.94.